The van der Waals surface area contributed by atoms with Gasteiger partial charge in [-0.25, -0.2) is 8.78 Å². The zero-order valence-electron chi connectivity index (χ0n) is 13.2. The summed E-state index contributed by atoms with van der Waals surface area (Å²) in [6.07, 6.45) is 3.37. The van der Waals surface area contributed by atoms with Crippen LogP contribution in [0.5, 0.6) is 0 Å². The molecule has 3 N–H and O–H groups in total. The fourth-order valence-corrected chi connectivity index (χ4v) is 3.05. The van der Waals surface area contributed by atoms with Gasteiger partial charge in [0.2, 0.25) is 0 Å². The van der Waals surface area contributed by atoms with E-state index in [1.54, 1.807) is 0 Å². The topological polar surface area (TPSA) is 53.2 Å². The Morgan fingerprint density at radius 2 is 1.96 bits per heavy atom. The van der Waals surface area contributed by atoms with E-state index in [4.69, 9.17) is 12.2 Å². The molecule has 1 aromatic carbocycles. The van der Waals surface area contributed by atoms with Crippen LogP contribution in [0.4, 0.5) is 8.78 Å². The average Bonchev–Trinajstić information content (AvgIpc) is 2.49. The fourth-order valence-electron chi connectivity index (χ4n) is 2.84. The molecule has 7 heteroatoms. The van der Waals surface area contributed by atoms with Crippen LogP contribution >= 0.6 is 12.2 Å². The van der Waals surface area contributed by atoms with Gasteiger partial charge >= 0.3 is 0 Å². The van der Waals surface area contributed by atoms with Crippen LogP contribution in [0.2, 0.25) is 0 Å². The number of hydrazine groups is 1. The number of hydrogen-bond donors (Lipinski definition) is 3. The van der Waals surface area contributed by atoms with E-state index in [9.17, 15) is 13.6 Å². The molecule has 4 nitrogen and oxygen atoms in total. The summed E-state index contributed by atoms with van der Waals surface area (Å²) < 4.78 is 26.4. The lowest BCUT2D eigenvalue weighted by molar-refractivity contribution is 0.0939. The Hall–Kier alpha value is -1.76. The molecular weight excluding hydrogens is 320 g/mol. The number of rotatable bonds is 2. The zero-order chi connectivity index (χ0) is 17.0. The molecule has 0 spiro atoms. The molecule has 0 heterocycles. The van der Waals surface area contributed by atoms with Gasteiger partial charge in [-0.2, -0.15) is 0 Å². The Kier molecular flexibility index (Phi) is 5.87. The van der Waals surface area contributed by atoms with E-state index in [0.29, 0.717) is 17.9 Å². The van der Waals surface area contributed by atoms with Gasteiger partial charge < -0.3 is 5.32 Å². The van der Waals surface area contributed by atoms with Crippen molar-refractivity contribution in [1.82, 2.24) is 16.2 Å². The molecule has 126 valence electrons. The van der Waals surface area contributed by atoms with Gasteiger partial charge in [-0.05, 0) is 42.6 Å². The SMILES string of the molecule is C[C@@H]1[C@H](C)CCC[C@@H]1NC(=S)NNC(=O)c1ccc(F)cc1F. The molecule has 1 saturated carbocycles. The van der Waals surface area contributed by atoms with E-state index >= 15 is 0 Å². The maximum atomic E-state index is 13.5. The van der Waals surface area contributed by atoms with Crippen molar-refractivity contribution in [1.29, 1.82) is 0 Å². The van der Waals surface area contributed by atoms with Gasteiger partial charge in [0, 0.05) is 12.1 Å². The van der Waals surface area contributed by atoms with E-state index in [0.717, 1.165) is 25.0 Å². The predicted molar refractivity (Wildman–Crippen MR) is 88.7 cm³/mol. The molecule has 1 fully saturated rings. The highest BCUT2D eigenvalue weighted by atomic mass is 32.1. The van der Waals surface area contributed by atoms with Crippen molar-refractivity contribution in [3.05, 3.63) is 35.4 Å². The first-order chi connectivity index (χ1) is 10.9. The average molecular weight is 341 g/mol. The molecule has 0 saturated heterocycles. The van der Waals surface area contributed by atoms with Crippen molar-refractivity contribution in [2.75, 3.05) is 0 Å². The third kappa shape index (κ3) is 4.60. The molecule has 1 amide bonds. The molecule has 0 bridgehead atoms. The summed E-state index contributed by atoms with van der Waals surface area (Å²) >= 11 is 5.16. The van der Waals surface area contributed by atoms with Crippen LogP contribution in [0.3, 0.4) is 0 Å². The molecule has 0 unspecified atom stereocenters. The maximum absolute atomic E-state index is 13.5. The van der Waals surface area contributed by atoms with Crippen molar-refractivity contribution in [2.45, 2.75) is 39.2 Å². The number of nitrogens with one attached hydrogen (secondary N) is 3. The minimum atomic E-state index is -0.919. The number of benzene rings is 1. The van der Waals surface area contributed by atoms with Gasteiger partial charge in [-0.1, -0.05) is 26.7 Å². The minimum Gasteiger partial charge on any atom is -0.358 e. The van der Waals surface area contributed by atoms with Gasteiger partial charge in [0.05, 0.1) is 5.56 Å². The van der Waals surface area contributed by atoms with Gasteiger partial charge in [0.15, 0.2) is 5.11 Å². The highest BCUT2D eigenvalue weighted by Crippen LogP contribution is 2.29. The summed E-state index contributed by atoms with van der Waals surface area (Å²) in [5.74, 6) is -1.26. The van der Waals surface area contributed by atoms with Gasteiger partial charge in [-0.3, -0.25) is 15.6 Å². The first-order valence-corrected chi connectivity index (χ1v) is 8.11. The Balaban J connectivity index is 1.85. The van der Waals surface area contributed by atoms with E-state index < -0.39 is 17.5 Å². The third-order valence-corrected chi connectivity index (χ3v) is 4.71. The minimum absolute atomic E-state index is 0.248. The van der Waals surface area contributed by atoms with Gasteiger partial charge in [-0.15, -0.1) is 0 Å². The molecule has 1 aliphatic carbocycles. The second-order valence-corrected chi connectivity index (χ2v) is 6.46. The van der Waals surface area contributed by atoms with Crippen LogP contribution in [-0.2, 0) is 0 Å². The Bertz CT molecular complexity index is 597. The molecule has 23 heavy (non-hydrogen) atoms. The predicted octanol–water partition coefficient (Wildman–Crippen LogP) is 2.90. The Labute approximate surface area is 140 Å². The van der Waals surface area contributed by atoms with Crippen molar-refractivity contribution < 1.29 is 13.6 Å². The van der Waals surface area contributed by atoms with E-state index in [1.165, 1.54) is 6.42 Å². The maximum Gasteiger partial charge on any atom is 0.272 e. The van der Waals surface area contributed by atoms with Crippen LogP contribution in [0.15, 0.2) is 18.2 Å². The summed E-state index contributed by atoms with van der Waals surface area (Å²) in [5.41, 5.74) is 4.64. The standard InChI is InChI=1S/C16H21F2N3OS/c1-9-4-3-5-14(10(9)2)19-16(23)21-20-15(22)12-7-6-11(17)8-13(12)18/h6-10,14H,3-5H2,1-2H3,(H,20,22)(H2,19,21,23)/t9-,10-,14+/m1/s1. The molecule has 1 aromatic rings. The monoisotopic (exact) mass is 341 g/mol. The van der Waals surface area contributed by atoms with Crippen LogP contribution in [0.25, 0.3) is 0 Å². The summed E-state index contributed by atoms with van der Waals surface area (Å²) in [7, 11) is 0. The van der Waals surface area contributed by atoms with E-state index in [2.05, 4.69) is 30.0 Å². The third-order valence-electron chi connectivity index (χ3n) is 4.49. The molecular formula is C16H21F2N3OS. The van der Waals surface area contributed by atoms with Crippen molar-refractivity contribution >= 4 is 23.2 Å². The molecule has 0 aliphatic heterocycles. The highest BCUT2D eigenvalue weighted by molar-refractivity contribution is 7.80. The second-order valence-electron chi connectivity index (χ2n) is 6.05. The number of carbonyl (C=O) groups is 1. The lowest BCUT2D eigenvalue weighted by Crippen LogP contribution is -2.52. The van der Waals surface area contributed by atoms with Gasteiger partial charge in [0.1, 0.15) is 11.6 Å². The van der Waals surface area contributed by atoms with Crippen LogP contribution < -0.4 is 16.2 Å². The zero-order valence-corrected chi connectivity index (χ0v) is 14.0. The van der Waals surface area contributed by atoms with Crippen LogP contribution in [-0.4, -0.2) is 17.1 Å². The number of thiocarbonyl (C=S) groups is 1. The summed E-state index contributed by atoms with van der Waals surface area (Å²) in [6, 6.07) is 3.03. The van der Waals surface area contributed by atoms with Crippen molar-refractivity contribution in [2.24, 2.45) is 11.8 Å². The first-order valence-electron chi connectivity index (χ1n) is 7.70. The Morgan fingerprint density at radius 1 is 1.22 bits per heavy atom. The largest absolute Gasteiger partial charge is 0.358 e. The van der Waals surface area contributed by atoms with E-state index in [1.807, 2.05) is 0 Å². The van der Waals surface area contributed by atoms with Crippen molar-refractivity contribution in [3.8, 4) is 0 Å². The quantitative estimate of drug-likeness (QED) is 0.572. The normalized spacial score (nSPS) is 23.9. The van der Waals surface area contributed by atoms with Crippen LogP contribution in [0, 0.1) is 23.5 Å². The molecule has 2 rings (SSSR count). The molecule has 1 aliphatic rings. The van der Waals surface area contributed by atoms with E-state index in [-0.39, 0.29) is 16.7 Å². The summed E-state index contributed by atoms with van der Waals surface area (Å²) in [6.45, 7) is 4.39. The molecule has 3 atom stereocenters. The number of amides is 1. The molecule has 0 radical (unpaired) electrons. The van der Waals surface area contributed by atoms with Crippen LogP contribution in [0.1, 0.15) is 43.5 Å². The van der Waals surface area contributed by atoms with Gasteiger partial charge in [0.25, 0.3) is 5.91 Å². The fraction of sp³-hybridized carbons (Fsp3) is 0.500. The summed E-state index contributed by atoms with van der Waals surface area (Å²) in [5, 5.41) is 3.47. The number of halogens is 2. The Morgan fingerprint density at radius 3 is 2.65 bits per heavy atom. The molecule has 0 aromatic heterocycles. The lowest BCUT2D eigenvalue weighted by atomic mass is 9.78. The first kappa shape index (κ1) is 17.6. The number of carbonyl (C=O) groups excluding carboxylic acids is 1. The summed E-state index contributed by atoms with van der Waals surface area (Å²) in [4.78, 5) is 11.9. The highest BCUT2D eigenvalue weighted by Gasteiger charge is 2.27. The second kappa shape index (κ2) is 7.68. The van der Waals surface area contributed by atoms with Crippen molar-refractivity contribution in [3.63, 3.8) is 0 Å². The smallest absolute Gasteiger partial charge is 0.272 e. The number of hydrogen-bond acceptors (Lipinski definition) is 2. The lowest BCUT2D eigenvalue weighted by Gasteiger charge is -2.35.